The quantitative estimate of drug-likeness (QED) is 0.717. The molecule has 1 rings (SSSR count). The van der Waals surface area contributed by atoms with Crippen molar-refractivity contribution in [3.63, 3.8) is 0 Å². The Labute approximate surface area is 146 Å². The maximum absolute atomic E-state index is 12.1. The Morgan fingerprint density at radius 2 is 1.92 bits per heavy atom. The monoisotopic (exact) mass is 349 g/mol. The van der Waals surface area contributed by atoms with Crippen molar-refractivity contribution >= 4 is 17.8 Å². The van der Waals surface area contributed by atoms with Crippen molar-refractivity contribution < 1.29 is 23.5 Å². The van der Waals surface area contributed by atoms with Crippen LogP contribution in [0.4, 0.5) is 0 Å². The Balaban J connectivity index is 2.59. The van der Waals surface area contributed by atoms with Crippen LogP contribution in [0.1, 0.15) is 45.2 Å². The molecular formula is C17H23N3O5. The van der Waals surface area contributed by atoms with Gasteiger partial charge in [-0.3, -0.25) is 9.59 Å². The van der Waals surface area contributed by atoms with E-state index in [0.29, 0.717) is 0 Å². The number of carbonyl (C=O) groups excluding carboxylic acids is 3. The minimum Gasteiger partial charge on any atom is -0.459 e. The zero-order valence-electron chi connectivity index (χ0n) is 15.0. The van der Waals surface area contributed by atoms with Crippen molar-refractivity contribution in [1.29, 1.82) is 5.26 Å². The Hall–Kier alpha value is -2.82. The second-order valence-corrected chi connectivity index (χ2v) is 6.21. The molecule has 0 bridgehead atoms. The van der Waals surface area contributed by atoms with Gasteiger partial charge >= 0.3 is 5.97 Å². The van der Waals surface area contributed by atoms with E-state index in [1.807, 2.05) is 6.07 Å². The summed E-state index contributed by atoms with van der Waals surface area (Å²) in [5.74, 6) is -1.99. The Bertz CT molecular complexity index is 662. The van der Waals surface area contributed by atoms with Crippen LogP contribution in [0, 0.1) is 17.2 Å². The molecule has 0 aliphatic rings. The van der Waals surface area contributed by atoms with Gasteiger partial charge in [0.25, 0.3) is 11.8 Å². The first-order valence-electron chi connectivity index (χ1n) is 7.89. The van der Waals surface area contributed by atoms with Crippen molar-refractivity contribution in [2.24, 2.45) is 5.92 Å². The molecule has 3 atom stereocenters. The third-order valence-corrected chi connectivity index (χ3v) is 3.88. The molecule has 25 heavy (non-hydrogen) atoms. The van der Waals surface area contributed by atoms with E-state index in [2.05, 4.69) is 10.6 Å². The molecule has 0 saturated heterocycles. The highest BCUT2D eigenvalue weighted by atomic mass is 16.5. The van der Waals surface area contributed by atoms with Crippen molar-refractivity contribution in [1.82, 2.24) is 10.6 Å². The zero-order valence-corrected chi connectivity index (χ0v) is 15.0. The number of carbonyl (C=O) groups is 3. The molecule has 1 heterocycles. The minimum atomic E-state index is -1.11. The number of nitrogens with zero attached hydrogens (tertiary/aromatic N) is 1. The molecule has 0 unspecified atom stereocenters. The number of nitrogens with one attached hydrogen (secondary N) is 2. The van der Waals surface area contributed by atoms with Crippen molar-refractivity contribution in [2.45, 2.75) is 52.3 Å². The third kappa shape index (κ3) is 5.35. The molecule has 0 aliphatic heterocycles. The van der Waals surface area contributed by atoms with Gasteiger partial charge in [0, 0.05) is 0 Å². The van der Waals surface area contributed by atoms with Gasteiger partial charge in [-0.2, -0.15) is 5.26 Å². The Kier molecular flexibility index (Phi) is 6.74. The first kappa shape index (κ1) is 20.2. The highest BCUT2D eigenvalue weighted by Crippen LogP contribution is 2.15. The van der Waals surface area contributed by atoms with Gasteiger partial charge in [0.15, 0.2) is 11.9 Å². The fraction of sp³-hybridized carbons (Fsp3) is 0.529. The average molecular weight is 349 g/mol. The fourth-order valence-electron chi connectivity index (χ4n) is 1.72. The fourth-order valence-corrected chi connectivity index (χ4v) is 1.72. The lowest BCUT2D eigenvalue weighted by Gasteiger charge is -2.28. The number of hydrogen-bond acceptors (Lipinski definition) is 6. The molecular weight excluding hydrogens is 326 g/mol. The lowest BCUT2D eigenvalue weighted by molar-refractivity contribution is -0.156. The van der Waals surface area contributed by atoms with Crippen molar-refractivity contribution in [3.8, 4) is 6.07 Å². The van der Waals surface area contributed by atoms with E-state index in [-0.39, 0.29) is 11.7 Å². The summed E-state index contributed by atoms with van der Waals surface area (Å²) in [4.78, 5) is 36.0. The topological polar surface area (TPSA) is 121 Å². The van der Waals surface area contributed by atoms with Gasteiger partial charge in [0.2, 0.25) is 0 Å². The largest absolute Gasteiger partial charge is 0.459 e. The maximum atomic E-state index is 12.1. The second-order valence-electron chi connectivity index (χ2n) is 6.21. The van der Waals surface area contributed by atoms with Crippen LogP contribution in [0.2, 0.25) is 0 Å². The van der Waals surface area contributed by atoms with E-state index in [0.717, 1.165) is 0 Å². The summed E-state index contributed by atoms with van der Waals surface area (Å²) in [6.07, 6.45) is 0.229. The zero-order chi connectivity index (χ0) is 19.2. The number of esters is 1. The van der Waals surface area contributed by atoms with Crippen LogP contribution in [0.5, 0.6) is 0 Å². The standard InChI is InChI=1S/C17H23N3O5/c1-10(2)17(5,9-18)20-14(21)12(4)25-16(23)11(3)19-15(22)13-7-6-8-24-13/h6-8,10-12H,1-5H3,(H,19,22)(H,20,21)/t11-,12-,17-/m0/s1. The first-order valence-corrected chi connectivity index (χ1v) is 7.89. The number of hydrogen-bond donors (Lipinski definition) is 2. The summed E-state index contributed by atoms with van der Waals surface area (Å²) < 4.78 is 9.98. The molecule has 0 aliphatic carbocycles. The number of amides is 2. The maximum Gasteiger partial charge on any atom is 0.329 e. The van der Waals surface area contributed by atoms with Gasteiger partial charge in [0.1, 0.15) is 11.6 Å². The van der Waals surface area contributed by atoms with Crippen LogP contribution in [0.25, 0.3) is 0 Å². The predicted octanol–water partition coefficient (Wildman–Crippen LogP) is 1.38. The smallest absolute Gasteiger partial charge is 0.329 e. The molecule has 0 fully saturated rings. The van der Waals surface area contributed by atoms with Crippen LogP contribution in [-0.2, 0) is 14.3 Å². The SMILES string of the molecule is CC(C)[C@](C)(C#N)NC(=O)[C@H](C)OC(=O)[C@H](C)NC(=O)c1ccco1. The molecule has 1 aromatic rings. The molecule has 0 radical (unpaired) electrons. The van der Waals surface area contributed by atoms with Crippen LogP contribution in [-0.4, -0.2) is 35.5 Å². The van der Waals surface area contributed by atoms with E-state index in [4.69, 9.17) is 9.15 Å². The van der Waals surface area contributed by atoms with Crippen molar-refractivity contribution in [3.05, 3.63) is 24.2 Å². The van der Waals surface area contributed by atoms with Gasteiger partial charge in [0.05, 0.1) is 12.3 Å². The van der Waals surface area contributed by atoms with Gasteiger partial charge in [-0.05, 0) is 38.8 Å². The third-order valence-electron chi connectivity index (χ3n) is 3.88. The van der Waals surface area contributed by atoms with E-state index in [1.54, 1.807) is 26.8 Å². The Morgan fingerprint density at radius 1 is 1.28 bits per heavy atom. The number of rotatable bonds is 7. The highest BCUT2D eigenvalue weighted by Gasteiger charge is 2.33. The van der Waals surface area contributed by atoms with Gasteiger partial charge < -0.3 is 19.8 Å². The normalized spacial score (nSPS) is 15.4. The van der Waals surface area contributed by atoms with Crippen LogP contribution in [0.15, 0.2) is 22.8 Å². The summed E-state index contributed by atoms with van der Waals surface area (Å²) in [5, 5.41) is 14.2. The number of nitriles is 1. The van der Waals surface area contributed by atoms with Crippen molar-refractivity contribution in [2.75, 3.05) is 0 Å². The lowest BCUT2D eigenvalue weighted by Crippen LogP contribution is -2.53. The van der Waals surface area contributed by atoms with Gasteiger partial charge in [-0.1, -0.05) is 13.8 Å². The summed E-state index contributed by atoms with van der Waals surface area (Å²) in [6.45, 7) is 8.02. The molecule has 8 heteroatoms. The van der Waals surface area contributed by atoms with E-state index in [9.17, 15) is 19.6 Å². The minimum absolute atomic E-state index is 0.0622. The molecule has 0 saturated carbocycles. The van der Waals surface area contributed by atoms with Crippen LogP contribution >= 0.6 is 0 Å². The summed E-state index contributed by atoms with van der Waals surface area (Å²) in [6, 6.07) is 4.07. The molecule has 0 aromatic carbocycles. The summed E-state index contributed by atoms with van der Waals surface area (Å²) in [7, 11) is 0. The molecule has 0 spiro atoms. The number of ether oxygens (including phenoxy) is 1. The summed E-state index contributed by atoms with van der Waals surface area (Å²) >= 11 is 0. The van der Waals surface area contributed by atoms with Crippen LogP contribution < -0.4 is 10.6 Å². The average Bonchev–Trinajstić information content (AvgIpc) is 3.08. The lowest BCUT2D eigenvalue weighted by atomic mass is 9.90. The first-order chi connectivity index (χ1) is 11.6. The van der Waals surface area contributed by atoms with Gasteiger partial charge in [-0.15, -0.1) is 0 Å². The second kappa shape index (κ2) is 8.33. The number of furan rings is 1. The Morgan fingerprint density at radius 3 is 2.40 bits per heavy atom. The van der Waals surface area contributed by atoms with Gasteiger partial charge in [-0.25, -0.2) is 4.79 Å². The van der Waals surface area contributed by atoms with Crippen LogP contribution in [0.3, 0.4) is 0 Å². The molecule has 8 nitrogen and oxygen atoms in total. The predicted molar refractivity (Wildman–Crippen MR) is 88.2 cm³/mol. The van der Waals surface area contributed by atoms with E-state index < -0.39 is 35.5 Å². The molecule has 1 aromatic heterocycles. The molecule has 2 N–H and O–H groups in total. The molecule has 2 amide bonds. The van der Waals surface area contributed by atoms with E-state index >= 15 is 0 Å². The van der Waals surface area contributed by atoms with E-state index in [1.165, 1.54) is 26.2 Å². The molecule has 136 valence electrons. The summed E-state index contributed by atoms with van der Waals surface area (Å²) in [5.41, 5.74) is -1.07. The highest BCUT2D eigenvalue weighted by molar-refractivity contribution is 5.94.